The first kappa shape index (κ1) is 16.2. The molecule has 0 atom stereocenters. The summed E-state index contributed by atoms with van der Waals surface area (Å²) in [6.45, 7) is -0.443. The fourth-order valence-corrected chi connectivity index (χ4v) is 2.37. The summed E-state index contributed by atoms with van der Waals surface area (Å²) in [5.41, 5.74) is 1.98. The summed E-state index contributed by atoms with van der Waals surface area (Å²) in [6.07, 6.45) is 1.44. The SMILES string of the molecule is N#Cc1cnn2c(Nc3ccccc3Cl)cc(COCC[18F])nc12. The van der Waals surface area contributed by atoms with Crippen LogP contribution in [0.5, 0.6) is 0 Å². The van der Waals surface area contributed by atoms with Gasteiger partial charge in [-0.15, -0.1) is 0 Å². The van der Waals surface area contributed by atoms with Crippen LogP contribution in [0.25, 0.3) is 5.65 Å². The van der Waals surface area contributed by atoms with Crippen molar-refractivity contribution >= 4 is 28.8 Å². The molecule has 0 aliphatic rings. The molecule has 0 aliphatic carbocycles. The summed E-state index contributed by atoms with van der Waals surface area (Å²) in [4.78, 5) is 4.36. The van der Waals surface area contributed by atoms with E-state index >= 15 is 0 Å². The van der Waals surface area contributed by atoms with Crippen molar-refractivity contribution < 1.29 is 9.13 Å². The predicted molar refractivity (Wildman–Crippen MR) is 88.1 cm³/mol. The first-order chi connectivity index (χ1) is 11.7. The summed E-state index contributed by atoms with van der Waals surface area (Å²) in [5, 5.41) is 17.1. The maximum absolute atomic E-state index is 12.2. The zero-order chi connectivity index (χ0) is 16.9. The van der Waals surface area contributed by atoms with Gasteiger partial charge < -0.3 is 10.1 Å². The number of benzene rings is 1. The Morgan fingerprint density at radius 1 is 1.38 bits per heavy atom. The van der Waals surface area contributed by atoms with Gasteiger partial charge in [0.05, 0.1) is 35.8 Å². The molecule has 0 unspecified atom stereocenters. The van der Waals surface area contributed by atoms with Crippen LogP contribution < -0.4 is 5.32 Å². The molecule has 122 valence electrons. The van der Waals surface area contributed by atoms with Crippen LogP contribution in [0.15, 0.2) is 36.5 Å². The van der Waals surface area contributed by atoms with Gasteiger partial charge >= 0.3 is 0 Å². The second kappa shape index (κ2) is 7.25. The molecule has 6 nitrogen and oxygen atoms in total. The van der Waals surface area contributed by atoms with Gasteiger partial charge in [-0.1, -0.05) is 23.7 Å². The lowest BCUT2D eigenvalue weighted by Crippen LogP contribution is -2.06. The van der Waals surface area contributed by atoms with Crippen molar-refractivity contribution in [2.45, 2.75) is 6.61 Å². The average molecular weight is 345 g/mol. The van der Waals surface area contributed by atoms with Gasteiger partial charge in [0.25, 0.3) is 0 Å². The summed E-state index contributed by atoms with van der Waals surface area (Å²) in [7, 11) is 0. The van der Waals surface area contributed by atoms with E-state index in [1.165, 1.54) is 10.7 Å². The van der Waals surface area contributed by atoms with Gasteiger partial charge in [-0.25, -0.2) is 9.37 Å². The molecule has 0 bridgehead atoms. The highest BCUT2D eigenvalue weighted by Crippen LogP contribution is 2.26. The normalized spacial score (nSPS) is 10.7. The number of hydrogen-bond donors (Lipinski definition) is 1. The number of para-hydroxylation sites is 1. The Bertz CT molecular complexity index is 905. The maximum atomic E-state index is 12.2. The molecule has 0 aliphatic heterocycles. The lowest BCUT2D eigenvalue weighted by Gasteiger charge is -2.11. The Kier molecular flexibility index (Phi) is 4.89. The molecule has 1 aromatic carbocycles. The van der Waals surface area contributed by atoms with Crippen LogP contribution in [0, 0.1) is 11.3 Å². The molecular formula is C16H13ClFN5O. The zero-order valence-electron chi connectivity index (χ0n) is 12.5. The van der Waals surface area contributed by atoms with Crippen molar-refractivity contribution in [1.82, 2.24) is 14.6 Å². The van der Waals surface area contributed by atoms with E-state index in [4.69, 9.17) is 16.3 Å². The fourth-order valence-electron chi connectivity index (χ4n) is 2.19. The molecule has 0 radical (unpaired) electrons. The van der Waals surface area contributed by atoms with E-state index in [1.807, 2.05) is 24.3 Å². The molecule has 1 N–H and O–H groups in total. The maximum Gasteiger partial charge on any atom is 0.175 e. The minimum atomic E-state index is -0.566. The second-order valence-electron chi connectivity index (χ2n) is 4.88. The molecule has 0 spiro atoms. The van der Waals surface area contributed by atoms with Crippen molar-refractivity contribution in [3.05, 3.63) is 52.8 Å². The van der Waals surface area contributed by atoms with E-state index in [9.17, 15) is 9.65 Å². The van der Waals surface area contributed by atoms with Gasteiger partial charge in [-0.2, -0.15) is 14.9 Å². The molecule has 3 aromatic rings. The van der Waals surface area contributed by atoms with Crippen LogP contribution in [0.2, 0.25) is 5.02 Å². The topological polar surface area (TPSA) is 75.2 Å². The van der Waals surface area contributed by atoms with E-state index in [-0.39, 0.29) is 13.2 Å². The molecule has 2 aromatic heterocycles. The Balaban J connectivity index is 2.03. The third-order valence-electron chi connectivity index (χ3n) is 3.25. The van der Waals surface area contributed by atoms with Crippen molar-refractivity contribution in [2.24, 2.45) is 0 Å². The van der Waals surface area contributed by atoms with Gasteiger partial charge in [0.15, 0.2) is 5.65 Å². The Morgan fingerprint density at radius 3 is 2.96 bits per heavy atom. The highest BCUT2D eigenvalue weighted by Gasteiger charge is 2.12. The summed E-state index contributed by atoms with van der Waals surface area (Å²) < 4.78 is 18.9. The van der Waals surface area contributed by atoms with Gasteiger partial charge in [0, 0.05) is 6.07 Å². The molecule has 8 heteroatoms. The zero-order valence-corrected chi connectivity index (χ0v) is 13.3. The molecule has 3 rings (SSSR count). The number of nitriles is 1. The van der Waals surface area contributed by atoms with E-state index < -0.39 is 6.67 Å². The number of halogens is 2. The van der Waals surface area contributed by atoms with Gasteiger partial charge in [0.2, 0.25) is 0 Å². The van der Waals surface area contributed by atoms with Gasteiger partial charge in [-0.3, -0.25) is 0 Å². The Morgan fingerprint density at radius 2 is 2.21 bits per heavy atom. The van der Waals surface area contributed by atoms with E-state index in [2.05, 4.69) is 15.4 Å². The monoisotopic (exact) mass is 344 g/mol. The number of ether oxygens (including phenoxy) is 1. The molecular weight excluding hydrogens is 332 g/mol. The van der Waals surface area contributed by atoms with Crippen LogP contribution >= 0.6 is 11.6 Å². The predicted octanol–water partition coefficient (Wildman–Crippen LogP) is 3.48. The number of aromatic nitrogens is 3. The third-order valence-corrected chi connectivity index (χ3v) is 3.58. The lowest BCUT2D eigenvalue weighted by atomic mass is 10.3. The minimum absolute atomic E-state index is 0.00942. The largest absolute Gasteiger partial charge is 0.372 e. The fraction of sp³-hybridized carbons (Fsp3) is 0.188. The minimum Gasteiger partial charge on any atom is -0.372 e. The first-order valence-corrected chi connectivity index (χ1v) is 7.53. The van der Waals surface area contributed by atoms with Gasteiger partial charge in [0.1, 0.15) is 24.1 Å². The molecule has 0 saturated heterocycles. The number of hydrogen-bond acceptors (Lipinski definition) is 5. The van der Waals surface area contributed by atoms with Crippen molar-refractivity contribution in [2.75, 3.05) is 18.6 Å². The summed E-state index contributed by atoms with van der Waals surface area (Å²) >= 11 is 6.17. The molecule has 0 amide bonds. The molecule has 24 heavy (non-hydrogen) atoms. The van der Waals surface area contributed by atoms with E-state index in [0.29, 0.717) is 33.4 Å². The molecule has 0 saturated carbocycles. The molecule has 0 fully saturated rings. The Hall–Kier alpha value is -2.69. The van der Waals surface area contributed by atoms with Crippen molar-refractivity contribution in [3.63, 3.8) is 0 Å². The Labute approximate surface area is 142 Å². The first-order valence-electron chi connectivity index (χ1n) is 7.16. The van der Waals surface area contributed by atoms with Crippen LogP contribution in [0.4, 0.5) is 15.9 Å². The quantitative estimate of drug-likeness (QED) is 0.693. The van der Waals surface area contributed by atoms with Crippen molar-refractivity contribution in [1.29, 1.82) is 5.26 Å². The number of alkyl halides is 1. The third kappa shape index (κ3) is 3.30. The van der Waals surface area contributed by atoms with Crippen LogP contribution in [-0.2, 0) is 11.3 Å². The smallest absolute Gasteiger partial charge is 0.175 e. The highest BCUT2D eigenvalue weighted by molar-refractivity contribution is 6.33. The van der Waals surface area contributed by atoms with Crippen molar-refractivity contribution in [3.8, 4) is 6.07 Å². The van der Waals surface area contributed by atoms with Gasteiger partial charge in [-0.05, 0) is 12.1 Å². The number of anilines is 2. The van der Waals surface area contributed by atoms with E-state index in [0.717, 1.165) is 0 Å². The standard InChI is InChI=1S/C16H13ClFN5O/c17-13-3-1-2-4-14(13)22-15-7-12(10-24-6-5-18)21-16-11(8-19)9-20-23(15)16/h1-4,7,9,22H,5-6,10H2/i18-1. The lowest BCUT2D eigenvalue weighted by molar-refractivity contribution is 0.104. The molecule has 2 heterocycles. The number of rotatable bonds is 6. The van der Waals surface area contributed by atoms with E-state index in [1.54, 1.807) is 12.1 Å². The number of fused-ring (bicyclic) bond motifs is 1. The number of nitrogens with zero attached hydrogens (tertiary/aromatic N) is 4. The highest BCUT2D eigenvalue weighted by atomic mass is 35.5. The summed E-state index contributed by atoms with van der Waals surface area (Å²) in [6, 6.07) is 11.0. The van der Waals surface area contributed by atoms with Crippen LogP contribution in [0.1, 0.15) is 11.3 Å². The average Bonchev–Trinajstić information content (AvgIpc) is 3.00. The number of nitrogens with one attached hydrogen (secondary N) is 1. The van der Waals surface area contributed by atoms with Crippen LogP contribution in [0.3, 0.4) is 0 Å². The second-order valence-corrected chi connectivity index (χ2v) is 5.29. The van der Waals surface area contributed by atoms with Crippen LogP contribution in [-0.4, -0.2) is 27.9 Å². The summed E-state index contributed by atoms with van der Waals surface area (Å²) in [5.74, 6) is 0.577.